The summed E-state index contributed by atoms with van der Waals surface area (Å²) in [5.74, 6) is 1.51. The number of nitrogens with one attached hydrogen (secondary N) is 1. The van der Waals surface area contributed by atoms with Crippen LogP contribution in [-0.4, -0.2) is 43.6 Å². The van der Waals surface area contributed by atoms with E-state index < -0.39 is 0 Å². The van der Waals surface area contributed by atoms with Crippen LogP contribution in [0.5, 0.6) is 0 Å². The van der Waals surface area contributed by atoms with Crippen molar-refractivity contribution in [3.8, 4) is 11.3 Å². The molecule has 8 nitrogen and oxygen atoms in total. The molecule has 1 fully saturated rings. The van der Waals surface area contributed by atoms with E-state index in [1.807, 2.05) is 35.0 Å². The van der Waals surface area contributed by atoms with Gasteiger partial charge in [-0.05, 0) is 49.7 Å². The zero-order valence-corrected chi connectivity index (χ0v) is 16.0. The van der Waals surface area contributed by atoms with Gasteiger partial charge in [0.1, 0.15) is 11.8 Å². The second-order valence-corrected chi connectivity index (χ2v) is 7.43. The normalized spacial score (nSPS) is 15.8. The van der Waals surface area contributed by atoms with Gasteiger partial charge >= 0.3 is 0 Å². The number of benzene rings is 1. The molecule has 148 valence electrons. The Balaban J connectivity index is 1.43. The van der Waals surface area contributed by atoms with Gasteiger partial charge in [0.2, 0.25) is 0 Å². The summed E-state index contributed by atoms with van der Waals surface area (Å²) in [5, 5.41) is 7.82. The van der Waals surface area contributed by atoms with Crippen LogP contribution in [0.15, 0.2) is 59.9 Å². The zero-order valence-electron chi connectivity index (χ0n) is 16.0. The molecule has 3 aromatic heterocycles. The highest BCUT2D eigenvalue weighted by Gasteiger charge is 2.19. The van der Waals surface area contributed by atoms with E-state index >= 15 is 0 Å². The van der Waals surface area contributed by atoms with Crippen molar-refractivity contribution in [3.05, 3.63) is 61.0 Å². The standard InChI is InChI=1S/C21H23N7O/c22-17-5-7-27(8-6-17)12-16-4-9-28-20(16)21(24-13-25-28)26-18-3-1-2-15(10-18)19-11-23-14-29-19/h1-4,9-11,13-14,17H,5-8,12,22H2,(H,24,25,26). The van der Waals surface area contributed by atoms with E-state index in [9.17, 15) is 0 Å². The number of fused-ring (bicyclic) bond motifs is 1. The van der Waals surface area contributed by atoms with Crippen LogP contribution >= 0.6 is 0 Å². The third-order valence-electron chi connectivity index (χ3n) is 5.41. The third-order valence-corrected chi connectivity index (χ3v) is 5.41. The monoisotopic (exact) mass is 389 g/mol. The molecule has 0 aliphatic carbocycles. The molecule has 0 unspecified atom stereocenters. The molecule has 1 saturated heterocycles. The zero-order chi connectivity index (χ0) is 19.6. The highest BCUT2D eigenvalue weighted by molar-refractivity contribution is 5.77. The average molecular weight is 389 g/mol. The van der Waals surface area contributed by atoms with E-state index in [-0.39, 0.29) is 0 Å². The Morgan fingerprint density at radius 3 is 2.93 bits per heavy atom. The van der Waals surface area contributed by atoms with Crippen molar-refractivity contribution < 1.29 is 4.42 Å². The maximum atomic E-state index is 6.05. The lowest BCUT2D eigenvalue weighted by atomic mass is 10.1. The fourth-order valence-corrected chi connectivity index (χ4v) is 3.83. The quantitative estimate of drug-likeness (QED) is 0.541. The molecule has 5 rings (SSSR count). The minimum absolute atomic E-state index is 0.328. The maximum Gasteiger partial charge on any atom is 0.181 e. The van der Waals surface area contributed by atoms with Crippen molar-refractivity contribution in [1.29, 1.82) is 0 Å². The molecule has 4 heterocycles. The number of anilines is 2. The van der Waals surface area contributed by atoms with Crippen LogP contribution in [0.1, 0.15) is 18.4 Å². The summed E-state index contributed by atoms with van der Waals surface area (Å²) >= 11 is 0. The van der Waals surface area contributed by atoms with Gasteiger partial charge in [0.25, 0.3) is 0 Å². The van der Waals surface area contributed by atoms with Gasteiger partial charge in [-0.15, -0.1) is 0 Å². The van der Waals surface area contributed by atoms with Crippen LogP contribution in [0.25, 0.3) is 16.8 Å². The predicted molar refractivity (Wildman–Crippen MR) is 111 cm³/mol. The molecular weight excluding hydrogens is 366 g/mol. The Kier molecular flexibility index (Phi) is 4.71. The van der Waals surface area contributed by atoms with E-state index in [2.05, 4.69) is 31.3 Å². The topological polar surface area (TPSA) is 97.5 Å². The minimum atomic E-state index is 0.328. The molecule has 1 aromatic carbocycles. The number of nitrogens with zero attached hydrogens (tertiary/aromatic N) is 5. The van der Waals surface area contributed by atoms with Gasteiger partial charge in [-0.3, -0.25) is 4.90 Å². The first kappa shape index (κ1) is 17.8. The number of rotatable bonds is 5. The van der Waals surface area contributed by atoms with Gasteiger partial charge in [-0.1, -0.05) is 12.1 Å². The number of hydrogen-bond acceptors (Lipinski definition) is 7. The summed E-state index contributed by atoms with van der Waals surface area (Å²) in [6.07, 6.45) is 8.78. The number of oxazole rings is 1. The molecule has 0 atom stereocenters. The number of likely N-dealkylation sites (tertiary alicyclic amines) is 1. The molecule has 0 spiro atoms. The smallest absolute Gasteiger partial charge is 0.181 e. The molecule has 0 saturated carbocycles. The molecule has 3 N–H and O–H groups in total. The van der Waals surface area contributed by atoms with E-state index in [0.29, 0.717) is 6.04 Å². The first-order chi connectivity index (χ1) is 14.3. The Bertz CT molecular complexity index is 1100. The van der Waals surface area contributed by atoms with Crippen molar-refractivity contribution in [2.45, 2.75) is 25.4 Å². The first-order valence-corrected chi connectivity index (χ1v) is 9.81. The lowest BCUT2D eigenvalue weighted by molar-refractivity contribution is 0.206. The molecule has 0 radical (unpaired) electrons. The molecule has 4 aromatic rings. The molecule has 1 aliphatic heterocycles. The molecule has 0 amide bonds. The minimum Gasteiger partial charge on any atom is -0.444 e. The van der Waals surface area contributed by atoms with E-state index in [0.717, 1.165) is 60.8 Å². The fraction of sp³-hybridized carbons (Fsp3) is 0.286. The number of piperidine rings is 1. The van der Waals surface area contributed by atoms with Crippen LogP contribution in [-0.2, 0) is 6.54 Å². The van der Waals surface area contributed by atoms with Crippen LogP contribution < -0.4 is 11.1 Å². The third kappa shape index (κ3) is 3.72. The maximum absolute atomic E-state index is 6.05. The summed E-state index contributed by atoms with van der Waals surface area (Å²) in [6, 6.07) is 10.4. The van der Waals surface area contributed by atoms with Crippen LogP contribution in [0, 0.1) is 0 Å². The summed E-state index contributed by atoms with van der Waals surface area (Å²) in [5.41, 5.74) is 10.1. The van der Waals surface area contributed by atoms with Crippen LogP contribution in [0.4, 0.5) is 11.5 Å². The largest absolute Gasteiger partial charge is 0.444 e. The van der Waals surface area contributed by atoms with Gasteiger partial charge in [0.05, 0.1) is 6.20 Å². The van der Waals surface area contributed by atoms with Crippen molar-refractivity contribution >= 4 is 17.0 Å². The highest BCUT2D eigenvalue weighted by atomic mass is 16.3. The fourth-order valence-electron chi connectivity index (χ4n) is 3.83. The summed E-state index contributed by atoms with van der Waals surface area (Å²) in [4.78, 5) is 11.0. The van der Waals surface area contributed by atoms with Gasteiger partial charge in [0, 0.05) is 30.0 Å². The van der Waals surface area contributed by atoms with Crippen LogP contribution in [0.2, 0.25) is 0 Å². The second kappa shape index (κ2) is 7.65. The second-order valence-electron chi connectivity index (χ2n) is 7.43. The Morgan fingerprint density at radius 2 is 2.10 bits per heavy atom. The average Bonchev–Trinajstić information content (AvgIpc) is 3.41. The molecule has 8 heteroatoms. The number of aromatic nitrogens is 4. The Hall–Kier alpha value is -3.23. The van der Waals surface area contributed by atoms with E-state index in [1.165, 1.54) is 12.0 Å². The molecule has 29 heavy (non-hydrogen) atoms. The Labute approximate surface area is 168 Å². The first-order valence-electron chi connectivity index (χ1n) is 9.81. The summed E-state index contributed by atoms with van der Waals surface area (Å²) in [7, 11) is 0. The van der Waals surface area contributed by atoms with Crippen molar-refractivity contribution in [3.63, 3.8) is 0 Å². The predicted octanol–water partition coefficient (Wildman–Crippen LogP) is 3.05. The lowest BCUT2D eigenvalue weighted by Crippen LogP contribution is -2.39. The van der Waals surface area contributed by atoms with Gasteiger partial charge in [0.15, 0.2) is 18.0 Å². The molecule has 1 aliphatic rings. The number of hydrogen-bond donors (Lipinski definition) is 2. The molecule has 0 bridgehead atoms. The summed E-state index contributed by atoms with van der Waals surface area (Å²) < 4.78 is 7.29. The highest BCUT2D eigenvalue weighted by Crippen LogP contribution is 2.27. The van der Waals surface area contributed by atoms with Gasteiger partial charge < -0.3 is 15.5 Å². The van der Waals surface area contributed by atoms with Crippen LogP contribution in [0.3, 0.4) is 0 Å². The Morgan fingerprint density at radius 1 is 1.21 bits per heavy atom. The van der Waals surface area contributed by atoms with E-state index in [4.69, 9.17) is 10.2 Å². The molecular formula is C21H23N7O. The van der Waals surface area contributed by atoms with E-state index in [1.54, 1.807) is 12.5 Å². The summed E-state index contributed by atoms with van der Waals surface area (Å²) in [6.45, 7) is 2.91. The van der Waals surface area contributed by atoms with Crippen molar-refractivity contribution in [2.24, 2.45) is 5.73 Å². The van der Waals surface area contributed by atoms with Gasteiger partial charge in [-0.2, -0.15) is 5.10 Å². The number of nitrogens with two attached hydrogens (primary N) is 1. The van der Waals surface area contributed by atoms with Crippen molar-refractivity contribution in [2.75, 3.05) is 18.4 Å². The SMILES string of the molecule is NC1CCN(Cc2ccn3ncnc(Nc4cccc(-c5cnco5)c4)c23)CC1. The lowest BCUT2D eigenvalue weighted by Gasteiger charge is -2.29. The van der Waals surface area contributed by atoms with Gasteiger partial charge in [-0.25, -0.2) is 14.5 Å². The van der Waals surface area contributed by atoms with Crippen molar-refractivity contribution in [1.82, 2.24) is 24.5 Å².